The Balaban J connectivity index is 0.00000225. The van der Waals surface area contributed by atoms with Crippen molar-refractivity contribution in [2.24, 2.45) is 0 Å². The molecule has 0 saturated carbocycles. The largest absolute Gasteiger partial charge is 0.339 e. The number of nitrogens with one attached hydrogen (secondary N) is 1. The topological polar surface area (TPSA) is 84.2 Å². The van der Waals surface area contributed by atoms with Gasteiger partial charge in [0.1, 0.15) is 0 Å². The van der Waals surface area contributed by atoms with Crippen LogP contribution in [0.2, 0.25) is 0 Å². The number of aryl methyl sites for hydroxylation is 1. The molecule has 1 amide bonds. The summed E-state index contributed by atoms with van der Waals surface area (Å²) in [5.74, 6) is 1.35. The van der Waals surface area contributed by atoms with Gasteiger partial charge in [-0.3, -0.25) is 9.78 Å². The number of nitrogens with zero attached hydrogens (tertiary/aromatic N) is 4. The molecular weight excluding hydrogens is 398 g/mol. The molecule has 1 atom stereocenters. The quantitative estimate of drug-likeness (QED) is 0.660. The highest BCUT2D eigenvalue weighted by molar-refractivity contribution is 7.13. The SMILES string of the molecule is Cl.O=C(CCCc1nc(-c2cccs2)no1)N1CCNCC1c1cccnc1. The first-order valence-corrected chi connectivity index (χ1v) is 9.96. The zero-order valence-electron chi connectivity index (χ0n) is 15.3. The van der Waals surface area contributed by atoms with Crippen LogP contribution >= 0.6 is 23.7 Å². The standard InChI is InChI=1S/C19H21N5O2S.ClH/c25-18(24-10-9-21-13-15(24)14-4-2-8-20-12-14)7-1-6-17-22-19(23-26-17)16-5-3-11-27-16;/h2-5,8,11-12,15,21H,1,6-7,9-10,13H2;1H. The number of halogens is 1. The smallest absolute Gasteiger partial charge is 0.226 e. The Morgan fingerprint density at radius 2 is 2.29 bits per heavy atom. The maximum Gasteiger partial charge on any atom is 0.226 e. The van der Waals surface area contributed by atoms with E-state index in [0.717, 1.165) is 23.5 Å². The van der Waals surface area contributed by atoms with Crippen molar-refractivity contribution in [1.82, 2.24) is 25.3 Å². The predicted octanol–water partition coefficient (Wildman–Crippen LogP) is 3.11. The second kappa shape index (κ2) is 9.77. The molecule has 9 heteroatoms. The summed E-state index contributed by atoms with van der Waals surface area (Å²) in [5, 5.41) is 9.36. The van der Waals surface area contributed by atoms with E-state index in [4.69, 9.17) is 4.52 Å². The molecule has 28 heavy (non-hydrogen) atoms. The summed E-state index contributed by atoms with van der Waals surface area (Å²) in [6, 6.07) is 7.89. The van der Waals surface area contributed by atoms with Crippen molar-refractivity contribution in [2.45, 2.75) is 25.3 Å². The molecule has 1 fully saturated rings. The van der Waals surface area contributed by atoms with Crippen LogP contribution in [0.25, 0.3) is 10.7 Å². The molecule has 3 aromatic rings. The number of piperazine rings is 1. The van der Waals surface area contributed by atoms with Crippen molar-refractivity contribution in [3.63, 3.8) is 0 Å². The van der Waals surface area contributed by atoms with Gasteiger partial charge in [-0.05, 0) is 29.5 Å². The van der Waals surface area contributed by atoms with Gasteiger partial charge in [0.15, 0.2) is 0 Å². The van der Waals surface area contributed by atoms with E-state index in [1.165, 1.54) is 0 Å². The van der Waals surface area contributed by atoms with Gasteiger partial charge in [-0.1, -0.05) is 17.3 Å². The highest BCUT2D eigenvalue weighted by Gasteiger charge is 2.27. The molecule has 1 N–H and O–H groups in total. The molecule has 1 aliphatic rings. The first kappa shape index (κ1) is 20.4. The minimum atomic E-state index is 0. The van der Waals surface area contributed by atoms with Gasteiger partial charge in [-0.25, -0.2) is 0 Å². The van der Waals surface area contributed by atoms with Crippen molar-refractivity contribution in [3.8, 4) is 10.7 Å². The van der Waals surface area contributed by atoms with E-state index in [-0.39, 0.29) is 24.4 Å². The third-order valence-electron chi connectivity index (χ3n) is 4.62. The molecule has 0 radical (unpaired) electrons. The molecular formula is C19H22ClN5O2S. The van der Waals surface area contributed by atoms with Gasteiger partial charge in [0, 0.05) is 44.9 Å². The van der Waals surface area contributed by atoms with E-state index in [1.54, 1.807) is 17.5 Å². The van der Waals surface area contributed by atoms with Crippen LogP contribution in [0.5, 0.6) is 0 Å². The number of carbonyl (C=O) groups is 1. The first-order chi connectivity index (χ1) is 13.3. The lowest BCUT2D eigenvalue weighted by Crippen LogP contribution is -2.48. The number of amides is 1. The fraction of sp³-hybridized carbons (Fsp3) is 0.368. The summed E-state index contributed by atoms with van der Waals surface area (Å²) in [5.41, 5.74) is 1.07. The molecule has 1 aliphatic heterocycles. The predicted molar refractivity (Wildman–Crippen MR) is 109 cm³/mol. The summed E-state index contributed by atoms with van der Waals surface area (Å²) in [6.45, 7) is 2.28. The van der Waals surface area contributed by atoms with Gasteiger partial charge >= 0.3 is 0 Å². The molecule has 0 aromatic carbocycles. The second-order valence-electron chi connectivity index (χ2n) is 6.44. The minimum Gasteiger partial charge on any atom is -0.339 e. The van der Waals surface area contributed by atoms with Crippen molar-refractivity contribution in [3.05, 3.63) is 53.5 Å². The molecule has 0 aliphatic carbocycles. The van der Waals surface area contributed by atoms with Crippen LogP contribution < -0.4 is 5.32 Å². The van der Waals surface area contributed by atoms with Crippen LogP contribution in [0.4, 0.5) is 0 Å². The van der Waals surface area contributed by atoms with Crippen molar-refractivity contribution in [2.75, 3.05) is 19.6 Å². The van der Waals surface area contributed by atoms with Gasteiger partial charge in [0.2, 0.25) is 17.6 Å². The Hall–Kier alpha value is -2.29. The Kier molecular flexibility index (Phi) is 7.13. The van der Waals surface area contributed by atoms with Crippen LogP contribution in [-0.2, 0) is 11.2 Å². The van der Waals surface area contributed by atoms with Crippen LogP contribution in [0.3, 0.4) is 0 Å². The number of aromatic nitrogens is 3. The highest BCUT2D eigenvalue weighted by atomic mass is 35.5. The lowest BCUT2D eigenvalue weighted by molar-refractivity contribution is -0.134. The molecule has 0 spiro atoms. The summed E-state index contributed by atoms with van der Waals surface area (Å²) in [6.07, 6.45) is 5.35. The van der Waals surface area contributed by atoms with E-state index in [0.29, 0.717) is 37.5 Å². The number of hydrogen-bond donors (Lipinski definition) is 1. The maximum atomic E-state index is 12.8. The van der Waals surface area contributed by atoms with Gasteiger partial charge < -0.3 is 14.7 Å². The Bertz CT molecular complexity index is 872. The van der Waals surface area contributed by atoms with Crippen molar-refractivity contribution >= 4 is 29.7 Å². The monoisotopic (exact) mass is 419 g/mol. The lowest BCUT2D eigenvalue weighted by Gasteiger charge is -2.36. The van der Waals surface area contributed by atoms with E-state index >= 15 is 0 Å². The van der Waals surface area contributed by atoms with Gasteiger partial charge in [-0.2, -0.15) is 4.98 Å². The molecule has 0 bridgehead atoms. The second-order valence-corrected chi connectivity index (χ2v) is 7.38. The fourth-order valence-corrected chi connectivity index (χ4v) is 3.92. The molecule has 1 saturated heterocycles. The van der Waals surface area contributed by atoms with E-state index in [2.05, 4.69) is 20.4 Å². The van der Waals surface area contributed by atoms with Crippen molar-refractivity contribution in [1.29, 1.82) is 0 Å². The van der Waals surface area contributed by atoms with E-state index in [1.807, 2.05) is 40.7 Å². The zero-order valence-corrected chi connectivity index (χ0v) is 16.9. The average molecular weight is 420 g/mol. The van der Waals surface area contributed by atoms with E-state index in [9.17, 15) is 4.79 Å². The van der Waals surface area contributed by atoms with Gasteiger partial charge in [-0.15, -0.1) is 23.7 Å². The molecule has 1 unspecified atom stereocenters. The van der Waals surface area contributed by atoms with Gasteiger partial charge in [0.25, 0.3) is 0 Å². The number of carbonyl (C=O) groups excluding carboxylic acids is 1. The molecule has 4 heterocycles. The molecule has 148 valence electrons. The fourth-order valence-electron chi connectivity index (χ4n) is 3.27. The normalized spacial score (nSPS) is 16.6. The third kappa shape index (κ3) is 4.76. The Morgan fingerprint density at radius 1 is 1.36 bits per heavy atom. The van der Waals surface area contributed by atoms with Crippen LogP contribution in [0.1, 0.15) is 30.3 Å². The summed E-state index contributed by atoms with van der Waals surface area (Å²) < 4.78 is 5.31. The first-order valence-electron chi connectivity index (χ1n) is 9.08. The molecule has 4 rings (SSSR count). The zero-order chi connectivity index (χ0) is 18.5. The highest BCUT2D eigenvalue weighted by Crippen LogP contribution is 2.24. The number of hydrogen-bond acceptors (Lipinski definition) is 7. The Labute approximate surface area is 173 Å². The number of thiophene rings is 1. The van der Waals surface area contributed by atoms with Crippen LogP contribution in [0, 0.1) is 0 Å². The van der Waals surface area contributed by atoms with Crippen molar-refractivity contribution < 1.29 is 9.32 Å². The summed E-state index contributed by atoms with van der Waals surface area (Å²) in [7, 11) is 0. The average Bonchev–Trinajstić information content (AvgIpc) is 3.40. The number of pyridine rings is 1. The Morgan fingerprint density at radius 3 is 3.07 bits per heavy atom. The van der Waals surface area contributed by atoms with Crippen LogP contribution in [-0.4, -0.2) is 45.6 Å². The van der Waals surface area contributed by atoms with Gasteiger partial charge in [0.05, 0.1) is 10.9 Å². The number of rotatable bonds is 6. The van der Waals surface area contributed by atoms with E-state index < -0.39 is 0 Å². The minimum absolute atomic E-state index is 0. The summed E-state index contributed by atoms with van der Waals surface area (Å²) in [4.78, 5) is 24.3. The molecule has 7 nitrogen and oxygen atoms in total. The third-order valence-corrected chi connectivity index (χ3v) is 5.49. The maximum absolute atomic E-state index is 12.8. The van der Waals surface area contributed by atoms with Crippen LogP contribution in [0.15, 0.2) is 46.6 Å². The summed E-state index contributed by atoms with van der Waals surface area (Å²) >= 11 is 1.58. The molecule has 3 aromatic heterocycles. The lowest BCUT2D eigenvalue weighted by atomic mass is 10.0.